The Hall–Kier alpha value is -2.25. The fourth-order valence-electron chi connectivity index (χ4n) is 1.94. The smallest absolute Gasteiger partial charge is 0.333 e. The molecule has 1 aromatic carbocycles. The van der Waals surface area contributed by atoms with E-state index >= 15 is 0 Å². The number of hydrazine groups is 1. The zero-order valence-corrected chi connectivity index (χ0v) is 14.0. The lowest BCUT2D eigenvalue weighted by molar-refractivity contribution is 0.0936. The highest BCUT2D eigenvalue weighted by Gasteiger charge is 2.21. The molecule has 2 rings (SSSR count). The zero-order chi connectivity index (χ0) is 17.0. The van der Waals surface area contributed by atoms with Crippen LogP contribution in [-0.4, -0.2) is 28.8 Å². The summed E-state index contributed by atoms with van der Waals surface area (Å²) in [5, 5.41) is 7.32. The van der Waals surface area contributed by atoms with Crippen molar-refractivity contribution in [3.8, 4) is 0 Å². The number of carbonyl (C=O) groups excluding carboxylic acids is 2. The second-order valence-corrected chi connectivity index (χ2v) is 5.42. The van der Waals surface area contributed by atoms with Gasteiger partial charge in [-0.3, -0.25) is 10.2 Å². The SMILES string of the molecule is CNC(=O)NNC(=O)c1c(C)nn(Cc2ccccc2Cl)c1Cl. The molecule has 0 bridgehead atoms. The molecule has 23 heavy (non-hydrogen) atoms. The highest BCUT2D eigenvalue weighted by atomic mass is 35.5. The van der Waals surface area contributed by atoms with E-state index in [0.29, 0.717) is 17.3 Å². The number of carbonyl (C=O) groups is 2. The van der Waals surface area contributed by atoms with Gasteiger partial charge in [-0.05, 0) is 18.6 Å². The Labute approximate surface area is 142 Å². The number of hydrogen-bond acceptors (Lipinski definition) is 3. The topological polar surface area (TPSA) is 88.1 Å². The molecule has 3 amide bonds. The van der Waals surface area contributed by atoms with E-state index < -0.39 is 11.9 Å². The monoisotopic (exact) mass is 355 g/mol. The molecule has 0 aliphatic heterocycles. The fourth-order valence-corrected chi connectivity index (χ4v) is 2.46. The molecular formula is C14H15Cl2N5O2. The van der Waals surface area contributed by atoms with E-state index in [9.17, 15) is 9.59 Å². The number of amides is 3. The van der Waals surface area contributed by atoms with Gasteiger partial charge in [0.05, 0.1) is 12.2 Å². The van der Waals surface area contributed by atoms with E-state index in [0.717, 1.165) is 5.56 Å². The molecule has 0 saturated carbocycles. The minimum atomic E-state index is -0.554. The van der Waals surface area contributed by atoms with Crippen LogP contribution in [0.5, 0.6) is 0 Å². The van der Waals surface area contributed by atoms with E-state index in [-0.39, 0.29) is 10.7 Å². The van der Waals surface area contributed by atoms with Crippen molar-refractivity contribution < 1.29 is 9.59 Å². The average molecular weight is 356 g/mol. The van der Waals surface area contributed by atoms with Gasteiger partial charge in [-0.2, -0.15) is 5.10 Å². The average Bonchev–Trinajstić information content (AvgIpc) is 2.81. The van der Waals surface area contributed by atoms with Gasteiger partial charge in [0.1, 0.15) is 10.7 Å². The van der Waals surface area contributed by atoms with Crippen molar-refractivity contribution in [1.29, 1.82) is 0 Å². The van der Waals surface area contributed by atoms with Crippen LogP contribution in [0.1, 0.15) is 21.6 Å². The number of aromatic nitrogens is 2. The van der Waals surface area contributed by atoms with Crippen molar-refractivity contribution in [2.24, 2.45) is 0 Å². The number of nitrogens with zero attached hydrogens (tertiary/aromatic N) is 2. The van der Waals surface area contributed by atoms with Crippen LogP contribution in [0.15, 0.2) is 24.3 Å². The lowest BCUT2D eigenvalue weighted by atomic mass is 10.2. The van der Waals surface area contributed by atoms with Crippen LogP contribution in [0.2, 0.25) is 10.2 Å². The zero-order valence-electron chi connectivity index (χ0n) is 12.5. The number of halogens is 2. The summed E-state index contributed by atoms with van der Waals surface area (Å²) in [4.78, 5) is 23.2. The van der Waals surface area contributed by atoms with E-state index in [1.54, 1.807) is 13.0 Å². The first-order chi connectivity index (χ1) is 10.9. The largest absolute Gasteiger partial charge is 0.340 e. The second kappa shape index (κ2) is 7.34. The van der Waals surface area contributed by atoms with Crippen molar-refractivity contribution in [2.75, 3.05) is 7.05 Å². The van der Waals surface area contributed by atoms with Crippen LogP contribution in [0.25, 0.3) is 0 Å². The maximum atomic E-state index is 12.1. The molecule has 122 valence electrons. The minimum absolute atomic E-state index is 0.165. The lowest BCUT2D eigenvalue weighted by Gasteiger charge is -2.07. The molecule has 3 N–H and O–H groups in total. The van der Waals surface area contributed by atoms with Gasteiger partial charge in [-0.25, -0.2) is 14.9 Å². The summed E-state index contributed by atoms with van der Waals surface area (Å²) >= 11 is 12.4. The number of aryl methyl sites for hydroxylation is 1. The predicted molar refractivity (Wildman–Crippen MR) is 87.6 cm³/mol. The van der Waals surface area contributed by atoms with Crippen LogP contribution in [0.3, 0.4) is 0 Å². The highest BCUT2D eigenvalue weighted by Crippen LogP contribution is 2.23. The summed E-state index contributed by atoms with van der Waals surface area (Å²) < 4.78 is 1.48. The maximum absolute atomic E-state index is 12.1. The van der Waals surface area contributed by atoms with Crippen molar-refractivity contribution in [3.63, 3.8) is 0 Å². The van der Waals surface area contributed by atoms with E-state index in [1.165, 1.54) is 11.7 Å². The molecular weight excluding hydrogens is 341 g/mol. The van der Waals surface area contributed by atoms with Gasteiger partial charge < -0.3 is 5.32 Å². The molecule has 0 aliphatic carbocycles. The fraction of sp³-hybridized carbons (Fsp3) is 0.214. The Bertz CT molecular complexity index is 745. The Morgan fingerprint density at radius 3 is 2.57 bits per heavy atom. The van der Waals surface area contributed by atoms with Gasteiger partial charge in [0.2, 0.25) is 0 Å². The first-order valence-electron chi connectivity index (χ1n) is 6.68. The molecule has 0 unspecified atom stereocenters. The van der Waals surface area contributed by atoms with Gasteiger partial charge in [0, 0.05) is 12.1 Å². The van der Waals surface area contributed by atoms with Crippen LogP contribution >= 0.6 is 23.2 Å². The minimum Gasteiger partial charge on any atom is -0.340 e. The van der Waals surface area contributed by atoms with Crippen molar-refractivity contribution in [2.45, 2.75) is 13.5 Å². The summed E-state index contributed by atoms with van der Waals surface area (Å²) in [7, 11) is 1.43. The van der Waals surface area contributed by atoms with Crippen molar-refractivity contribution >= 4 is 35.1 Å². The summed E-state index contributed by atoms with van der Waals surface area (Å²) in [6.45, 7) is 1.99. The predicted octanol–water partition coefficient (Wildman–Crippen LogP) is 2.12. The van der Waals surface area contributed by atoms with Gasteiger partial charge in [-0.15, -0.1) is 0 Å². The first-order valence-corrected chi connectivity index (χ1v) is 7.44. The summed E-state index contributed by atoms with van der Waals surface area (Å²) in [5.74, 6) is -0.554. The second-order valence-electron chi connectivity index (χ2n) is 4.66. The highest BCUT2D eigenvalue weighted by molar-refractivity contribution is 6.33. The number of benzene rings is 1. The molecule has 7 nitrogen and oxygen atoms in total. The molecule has 2 aromatic rings. The van der Waals surface area contributed by atoms with Gasteiger partial charge in [0.15, 0.2) is 0 Å². The molecule has 9 heteroatoms. The Kier molecular flexibility index (Phi) is 5.46. The molecule has 0 aliphatic rings. The number of hydrogen-bond donors (Lipinski definition) is 3. The van der Waals surface area contributed by atoms with Crippen molar-refractivity contribution in [1.82, 2.24) is 25.9 Å². The van der Waals surface area contributed by atoms with Gasteiger partial charge in [0.25, 0.3) is 5.91 Å². The molecule has 1 aromatic heterocycles. The van der Waals surface area contributed by atoms with E-state index in [1.807, 2.05) is 18.2 Å². The molecule has 0 fully saturated rings. The van der Waals surface area contributed by atoms with Crippen LogP contribution in [0.4, 0.5) is 4.79 Å². The standard InChI is InChI=1S/C14H15Cl2N5O2/c1-8-11(13(22)18-19-14(23)17-2)12(16)21(20-8)7-9-5-3-4-6-10(9)15/h3-6H,7H2,1-2H3,(H,18,22)(H2,17,19,23). The summed E-state index contributed by atoms with van der Waals surface area (Å²) in [6.07, 6.45) is 0. The van der Waals surface area contributed by atoms with E-state index in [4.69, 9.17) is 23.2 Å². The number of nitrogens with one attached hydrogen (secondary N) is 3. The maximum Gasteiger partial charge on any atom is 0.333 e. The third-order valence-electron chi connectivity index (χ3n) is 3.09. The third kappa shape index (κ3) is 3.94. The Balaban J connectivity index is 2.21. The quantitative estimate of drug-likeness (QED) is 0.736. The number of rotatable bonds is 3. The van der Waals surface area contributed by atoms with Gasteiger partial charge in [-0.1, -0.05) is 41.4 Å². The Morgan fingerprint density at radius 2 is 1.91 bits per heavy atom. The van der Waals surface area contributed by atoms with Gasteiger partial charge >= 0.3 is 6.03 Å². The molecule has 0 spiro atoms. The summed E-state index contributed by atoms with van der Waals surface area (Å²) in [6, 6.07) is 6.75. The lowest BCUT2D eigenvalue weighted by Crippen LogP contribution is -2.45. The van der Waals surface area contributed by atoms with Crippen molar-refractivity contribution in [3.05, 3.63) is 51.3 Å². The molecule has 0 radical (unpaired) electrons. The first kappa shape index (κ1) is 17.1. The van der Waals surface area contributed by atoms with Crippen LogP contribution in [-0.2, 0) is 6.54 Å². The normalized spacial score (nSPS) is 10.3. The number of urea groups is 1. The van der Waals surface area contributed by atoms with Crippen LogP contribution in [0, 0.1) is 6.92 Å². The van der Waals surface area contributed by atoms with E-state index in [2.05, 4.69) is 21.3 Å². The molecule has 0 saturated heterocycles. The Morgan fingerprint density at radius 1 is 1.22 bits per heavy atom. The molecule has 1 heterocycles. The van der Waals surface area contributed by atoms with Crippen LogP contribution < -0.4 is 16.2 Å². The summed E-state index contributed by atoms with van der Waals surface area (Å²) in [5.41, 5.74) is 5.90. The third-order valence-corrected chi connectivity index (χ3v) is 3.84. The molecule has 0 atom stereocenters.